The van der Waals surface area contributed by atoms with Crippen molar-refractivity contribution in [1.29, 1.82) is 0 Å². The van der Waals surface area contributed by atoms with Crippen LogP contribution in [0.25, 0.3) is 0 Å². The van der Waals surface area contributed by atoms with Crippen LogP contribution in [0.15, 0.2) is 11.6 Å². The van der Waals surface area contributed by atoms with Crippen LogP contribution in [0.2, 0.25) is 0 Å². The highest BCUT2D eigenvalue weighted by atomic mass is 32.1. The summed E-state index contributed by atoms with van der Waals surface area (Å²) in [6.07, 6.45) is 2.95. The maximum atomic E-state index is 11.2. The zero-order valence-corrected chi connectivity index (χ0v) is 9.42. The summed E-state index contributed by atoms with van der Waals surface area (Å²) in [5.41, 5.74) is 0. The molecule has 1 aromatic rings. The average Bonchev–Trinajstić information content (AvgIpc) is 2.69. The number of nitrogens with zero attached hydrogens (tertiary/aromatic N) is 1. The van der Waals surface area contributed by atoms with Crippen LogP contribution >= 0.6 is 11.3 Å². The smallest absolute Gasteiger partial charge is 0.321 e. The monoisotopic (exact) mass is 243 g/mol. The maximum Gasteiger partial charge on any atom is 0.321 e. The molecule has 6 nitrogen and oxygen atoms in total. The minimum absolute atomic E-state index is 0.135. The van der Waals surface area contributed by atoms with Crippen molar-refractivity contribution in [3.05, 3.63) is 11.6 Å². The first kappa shape index (κ1) is 12.4. The first-order chi connectivity index (χ1) is 7.68. The molecule has 0 fully saturated rings. The second-order valence-electron chi connectivity index (χ2n) is 3.07. The molecule has 0 spiro atoms. The molecule has 7 heteroatoms. The Balaban J connectivity index is 2.05. The van der Waals surface area contributed by atoms with Crippen LogP contribution in [-0.4, -0.2) is 28.6 Å². The Labute approximate surface area is 96.7 Å². The van der Waals surface area contributed by atoms with Crippen LogP contribution in [0.3, 0.4) is 0 Å². The van der Waals surface area contributed by atoms with Crippen LogP contribution in [0.5, 0.6) is 0 Å². The van der Waals surface area contributed by atoms with Gasteiger partial charge >= 0.3 is 12.0 Å². The minimum atomic E-state index is -0.813. The highest BCUT2D eigenvalue weighted by Crippen LogP contribution is 2.09. The molecule has 0 bridgehead atoms. The molecule has 0 saturated carbocycles. The number of amides is 2. The third-order valence-electron chi connectivity index (χ3n) is 1.76. The summed E-state index contributed by atoms with van der Waals surface area (Å²) >= 11 is 1.34. The molecule has 3 N–H and O–H groups in total. The zero-order valence-electron chi connectivity index (χ0n) is 8.60. The Hall–Kier alpha value is -1.63. The fourth-order valence-corrected chi connectivity index (χ4v) is 1.55. The Morgan fingerprint density at radius 2 is 2.25 bits per heavy atom. The van der Waals surface area contributed by atoms with E-state index < -0.39 is 5.97 Å². The lowest BCUT2D eigenvalue weighted by Crippen LogP contribution is -2.29. The molecular weight excluding hydrogens is 230 g/mol. The number of aromatic nitrogens is 1. The molecule has 2 amide bonds. The molecular formula is C9H13N3O3S. The van der Waals surface area contributed by atoms with Crippen LogP contribution in [0.4, 0.5) is 9.93 Å². The number of anilines is 1. The van der Waals surface area contributed by atoms with Gasteiger partial charge in [0.2, 0.25) is 0 Å². The van der Waals surface area contributed by atoms with E-state index in [4.69, 9.17) is 5.11 Å². The number of unbranched alkanes of at least 4 members (excludes halogenated alkanes) is 1. The van der Waals surface area contributed by atoms with Crippen LogP contribution in [0, 0.1) is 0 Å². The second-order valence-corrected chi connectivity index (χ2v) is 3.96. The molecule has 0 unspecified atom stereocenters. The number of carbonyl (C=O) groups excluding carboxylic acids is 1. The summed E-state index contributed by atoms with van der Waals surface area (Å²) in [6, 6.07) is -0.315. The van der Waals surface area contributed by atoms with E-state index >= 15 is 0 Å². The molecule has 88 valence electrons. The summed E-state index contributed by atoms with van der Waals surface area (Å²) in [7, 11) is 0. The summed E-state index contributed by atoms with van der Waals surface area (Å²) < 4.78 is 0. The molecule has 0 aromatic carbocycles. The molecule has 1 heterocycles. The van der Waals surface area contributed by atoms with E-state index in [9.17, 15) is 9.59 Å². The number of carbonyl (C=O) groups is 2. The zero-order chi connectivity index (χ0) is 11.8. The minimum Gasteiger partial charge on any atom is -0.481 e. The van der Waals surface area contributed by atoms with E-state index in [1.54, 1.807) is 11.6 Å². The standard InChI is InChI=1S/C9H13N3O3S/c13-7(14)3-1-2-4-10-8(15)12-9-11-5-6-16-9/h5-6H,1-4H2,(H,13,14)(H2,10,11,12,15). The SMILES string of the molecule is O=C(O)CCCCNC(=O)Nc1nccs1. The van der Waals surface area contributed by atoms with Crippen molar-refractivity contribution in [2.24, 2.45) is 0 Å². The van der Waals surface area contributed by atoms with Gasteiger partial charge < -0.3 is 10.4 Å². The van der Waals surface area contributed by atoms with E-state index in [1.165, 1.54) is 11.3 Å². The van der Waals surface area contributed by atoms with Gasteiger partial charge in [0, 0.05) is 24.5 Å². The number of carboxylic acid groups (broad SMARTS) is 1. The number of aliphatic carboxylic acids is 1. The Morgan fingerprint density at radius 3 is 2.88 bits per heavy atom. The van der Waals surface area contributed by atoms with Crippen molar-refractivity contribution in [3.63, 3.8) is 0 Å². The number of urea groups is 1. The average molecular weight is 243 g/mol. The molecule has 0 atom stereocenters. The van der Waals surface area contributed by atoms with Crippen molar-refractivity contribution in [2.75, 3.05) is 11.9 Å². The highest BCUT2D eigenvalue weighted by Gasteiger charge is 2.02. The van der Waals surface area contributed by atoms with Gasteiger partial charge in [0.15, 0.2) is 5.13 Å². The van der Waals surface area contributed by atoms with Gasteiger partial charge in [0.1, 0.15) is 0 Å². The number of rotatable bonds is 6. The highest BCUT2D eigenvalue weighted by molar-refractivity contribution is 7.13. The van der Waals surface area contributed by atoms with Crippen molar-refractivity contribution in [1.82, 2.24) is 10.3 Å². The lowest BCUT2D eigenvalue weighted by molar-refractivity contribution is -0.137. The quantitative estimate of drug-likeness (QED) is 0.660. The molecule has 1 aromatic heterocycles. The van der Waals surface area contributed by atoms with Crippen molar-refractivity contribution < 1.29 is 14.7 Å². The van der Waals surface area contributed by atoms with E-state index in [2.05, 4.69) is 15.6 Å². The predicted octanol–water partition coefficient (Wildman–Crippen LogP) is 1.52. The van der Waals surface area contributed by atoms with Crippen LogP contribution in [-0.2, 0) is 4.79 Å². The third-order valence-corrected chi connectivity index (χ3v) is 2.44. The number of hydrogen-bond donors (Lipinski definition) is 3. The Kier molecular flexibility index (Phi) is 5.27. The van der Waals surface area contributed by atoms with E-state index in [0.29, 0.717) is 24.5 Å². The number of nitrogens with one attached hydrogen (secondary N) is 2. The third kappa shape index (κ3) is 5.30. The van der Waals surface area contributed by atoms with Gasteiger partial charge in [-0.2, -0.15) is 0 Å². The molecule has 0 aliphatic carbocycles. The van der Waals surface area contributed by atoms with Gasteiger partial charge in [-0.1, -0.05) is 0 Å². The summed E-state index contributed by atoms with van der Waals surface area (Å²) in [4.78, 5) is 25.3. The number of thiazole rings is 1. The van der Waals surface area contributed by atoms with Crippen molar-refractivity contribution >= 4 is 28.5 Å². The fraction of sp³-hybridized carbons (Fsp3) is 0.444. The molecule has 0 saturated heterocycles. The van der Waals surface area contributed by atoms with E-state index in [0.717, 1.165) is 0 Å². The van der Waals surface area contributed by atoms with Gasteiger partial charge in [0.25, 0.3) is 0 Å². The fourth-order valence-electron chi connectivity index (χ4n) is 1.03. The van der Waals surface area contributed by atoms with Crippen LogP contribution < -0.4 is 10.6 Å². The van der Waals surface area contributed by atoms with Gasteiger partial charge in [0.05, 0.1) is 0 Å². The summed E-state index contributed by atoms with van der Waals surface area (Å²) in [6.45, 7) is 0.463. The first-order valence-electron chi connectivity index (χ1n) is 4.84. The van der Waals surface area contributed by atoms with Crippen LogP contribution in [0.1, 0.15) is 19.3 Å². The van der Waals surface area contributed by atoms with Gasteiger partial charge in [-0.15, -0.1) is 11.3 Å². The normalized spacial score (nSPS) is 9.75. The largest absolute Gasteiger partial charge is 0.481 e. The number of carboxylic acids is 1. The molecule has 0 radical (unpaired) electrons. The van der Waals surface area contributed by atoms with Crippen molar-refractivity contribution in [3.8, 4) is 0 Å². The molecule has 1 rings (SSSR count). The first-order valence-corrected chi connectivity index (χ1v) is 5.72. The summed E-state index contributed by atoms with van der Waals surface area (Å²) in [5, 5.41) is 15.9. The second kappa shape index (κ2) is 6.78. The van der Waals surface area contributed by atoms with Gasteiger partial charge in [-0.25, -0.2) is 9.78 Å². The topological polar surface area (TPSA) is 91.3 Å². The van der Waals surface area contributed by atoms with E-state index in [-0.39, 0.29) is 12.5 Å². The predicted molar refractivity (Wildman–Crippen MR) is 60.6 cm³/mol. The molecule has 16 heavy (non-hydrogen) atoms. The lowest BCUT2D eigenvalue weighted by Gasteiger charge is -2.04. The van der Waals surface area contributed by atoms with Gasteiger partial charge in [-0.05, 0) is 12.8 Å². The maximum absolute atomic E-state index is 11.2. The van der Waals surface area contributed by atoms with Gasteiger partial charge in [-0.3, -0.25) is 10.1 Å². The summed E-state index contributed by atoms with van der Waals surface area (Å²) in [5.74, 6) is -0.813. The van der Waals surface area contributed by atoms with E-state index in [1.807, 2.05) is 0 Å². The lowest BCUT2D eigenvalue weighted by atomic mass is 10.2. The molecule has 0 aliphatic heterocycles. The Morgan fingerprint density at radius 1 is 1.44 bits per heavy atom. The number of hydrogen-bond acceptors (Lipinski definition) is 4. The molecule has 0 aliphatic rings. The van der Waals surface area contributed by atoms with Crippen molar-refractivity contribution in [2.45, 2.75) is 19.3 Å². The Bertz CT molecular complexity index is 340.